The standard InChI is InChI=1S/C12H22N4S/c1-11(2)5-8(6-12(3,4)7-11)14-10-15-9(13)16-17-10/h8H,5-7H2,1-4H3,(H3,13,14,15,16). The van der Waals surface area contributed by atoms with Crippen molar-refractivity contribution in [1.82, 2.24) is 9.36 Å². The van der Waals surface area contributed by atoms with E-state index >= 15 is 0 Å². The van der Waals surface area contributed by atoms with Crippen LogP contribution in [0.3, 0.4) is 0 Å². The highest BCUT2D eigenvalue weighted by atomic mass is 32.1. The van der Waals surface area contributed by atoms with Gasteiger partial charge in [0.25, 0.3) is 0 Å². The summed E-state index contributed by atoms with van der Waals surface area (Å²) in [6, 6.07) is 0.473. The van der Waals surface area contributed by atoms with Crippen molar-refractivity contribution in [2.75, 3.05) is 11.1 Å². The first-order valence-electron chi connectivity index (χ1n) is 6.12. The van der Waals surface area contributed by atoms with Crippen LogP contribution >= 0.6 is 11.5 Å². The van der Waals surface area contributed by atoms with E-state index in [1.54, 1.807) is 0 Å². The Kier molecular flexibility index (Phi) is 3.06. The third-order valence-corrected chi connectivity index (χ3v) is 3.98. The van der Waals surface area contributed by atoms with Crippen LogP contribution in [0.2, 0.25) is 0 Å². The first kappa shape index (κ1) is 12.6. The van der Waals surface area contributed by atoms with E-state index in [-0.39, 0.29) is 0 Å². The average molecular weight is 254 g/mol. The molecule has 3 N–H and O–H groups in total. The van der Waals surface area contributed by atoms with Crippen LogP contribution in [0.25, 0.3) is 0 Å². The normalized spacial score (nSPS) is 23.5. The van der Waals surface area contributed by atoms with Crippen LogP contribution < -0.4 is 11.1 Å². The maximum absolute atomic E-state index is 5.54. The van der Waals surface area contributed by atoms with Crippen LogP contribution in [-0.2, 0) is 0 Å². The van der Waals surface area contributed by atoms with E-state index in [0.29, 0.717) is 22.8 Å². The highest BCUT2D eigenvalue weighted by Crippen LogP contribution is 2.46. The number of nitrogens with two attached hydrogens (primary N) is 1. The molecule has 0 atom stereocenters. The molecule has 4 nitrogen and oxygen atoms in total. The number of hydrogen-bond acceptors (Lipinski definition) is 5. The number of nitrogens with zero attached hydrogens (tertiary/aromatic N) is 2. The molecule has 1 saturated carbocycles. The van der Waals surface area contributed by atoms with Crippen molar-refractivity contribution in [3.05, 3.63) is 0 Å². The van der Waals surface area contributed by atoms with Crippen molar-refractivity contribution in [3.63, 3.8) is 0 Å². The van der Waals surface area contributed by atoms with Gasteiger partial charge in [-0.05, 0) is 30.1 Å². The van der Waals surface area contributed by atoms with Crippen LogP contribution in [0.1, 0.15) is 47.0 Å². The molecule has 1 fully saturated rings. The molecule has 1 heterocycles. The van der Waals surface area contributed by atoms with E-state index in [1.807, 2.05) is 0 Å². The molecule has 0 aromatic carbocycles. The van der Waals surface area contributed by atoms with E-state index in [1.165, 1.54) is 30.8 Å². The molecule has 2 rings (SSSR count). The van der Waals surface area contributed by atoms with Gasteiger partial charge in [0.1, 0.15) is 0 Å². The molecule has 17 heavy (non-hydrogen) atoms. The van der Waals surface area contributed by atoms with Gasteiger partial charge in [0.05, 0.1) is 0 Å². The van der Waals surface area contributed by atoms with Gasteiger partial charge in [0.15, 0.2) is 0 Å². The predicted octanol–water partition coefficient (Wildman–Crippen LogP) is 3.14. The minimum Gasteiger partial charge on any atom is -0.367 e. The average Bonchev–Trinajstić information content (AvgIpc) is 2.44. The topological polar surface area (TPSA) is 63.8 Å². The molecule has 1 aromatic heterocycles. The lowest BCUT2D eigenvalue weighted by Gasteiger charge is -2.45. The Morgan fingerprint density at radius 1 is 1.24 bits per heavy atom. The Balaban J connectivity index is 2.06. The third-order valence-electron chi connectivity index (χ3n) is 3.32. The summed E-state index contributed by atoms with van der Waals surface area (Å²) in [5.74, 6) is 0.367. The molecule has 0 saturated heterocycles. The summed E-state index contributed by atoms with van der Waals surface area (Å²) < 4.78 is 4.00. The predicted molar refractivity (Wildman–Crippen MR) is 73.1 cm³/mol. The van der Waals surface area contributed by atoms with Gasteiger partial charge in [0, 0.05) is 17.6 Å². The summed E-state index contributed by atoms with van der Waals surface area (Å²) in [4.78, 5) is 4.17. The van der Waals surface area contributed by atoms with E-state index in [0.717, 1.165) is 5.13 Å². The minimum atomic E-state index is 0.367. The van der Waals surface area contributed by atoms with E-state index in [2.05, 4.69) is 42.4 Å². The number of nitrogen functional groups attached to an aromatic ring is 1. The molecule has 0 unspecified atom stereocenters. The van der Waals surface area contributed by atoms with Gasteiger partial charge in [-0.15, -0.1) is 0 Å². The Morgan fingerprint density at radius 2 is 1.82 bits per heavy atom. The second kappa shape index (κ2) is 4.12. The number of aromatic nitrogens is 2. The largest absolute Gasteiger partial charge is 0.367 e. The van der Waals surface area contributed by atoms with Crippen LogP contribution in [0.15, 0.2) is 0 Å². The Bertz CT molecular complexity index is 381. The SMILES string of the molecule is CC1(C)CC(Nc2nc(N)ns2)CC(C)(C)C1. The summed E-state index contributed by atoms with van der Waals surface area (Å²) in [7, 11) is 0. The first-order valence-corrected chi connectivity index (χ1v) is 6.89. The van der Waals surface area contributed by atoms with Crippen LogP contribution in [0, 0.1) is 10.8 Å². The molecule has 0 bridgehead atoms. The molecule has 1 aromatic rings. The second-order valence-corrected chi connectivity index (χ2v) is 7.46. The lowest BCUT2D eigenvalue weighted by Crippen LogP contribution is -2.40. The van der Waals surface area contributed by atoms with Gasteiger partial charge >= 0.3 is 0 Å². The Morgan fingerprint density at radius 3 is 2.29 bits per heavy atom. The quantitative estimate of drug-likeness (QED) is 0.851. The van der Waals surface area contributed by atoms with Gasteiger partial charge in [0.2, 0.25) is 11.1 Å². The zero-order valence-electron chi connectivity index (χ0n) is 11.1. The molecule has 0 radical (unpaired) electrons. The maximum Gasteiger partial charge on any atom is 0.233 e. The van der Waals surface area contributed by atoms with E-state index < -0.39 is 0 Å². The first-order chi connectivity index (χ1) is 7.76. The van der Waals surface area contributed by atoms with Gasteiger partial charge in [-0.3, -0.25) is 0 Å². The zero-order valence-corrected chi connectivity index (χ0v) is 11.9. The fourth-order valence-corrected chi connectivity index (χ4v) is 3.99. The number of anilines is 2. The van der Waals surface area contributed by atoms with Crippen molar-refractivity contribution in [2.24, 2.45) is 10.8 Å². The van der Waals surface area contributed by atoms with Gasteiger partial charge < -0.3 is 11.1 Å². The summed E-state index contributed by atoms with van der Waals surface area (Å²) in [6.45, 7) is 9.38. The molecule has 0 aliphatic heterocycles. The number of nitrogens with one attached hydrogen (secondary N) is 1. The third kappa shape index (κ3) is 3.31. The Labute approximate surface area is 107 Å². The minimum absolute atomic E-state index is 0.367. The van der Waals surface area contributed by atoms with Gasteiger partial charge in [-0.2, -0.15) is 9.36 Å². The fraction of sp³-hybridized carbons (Fsp3) is 0.833. The molecule has 1 aliphatic rings. The zero-order chi connectivity index (χ0) is 12.7. The molecule has 1 aliphatic carbocycles. The summed E-state index contributed by atoms with van der Waals surface area (Å²) in [5.41, 5.74) is 6.31. The molecule has 0 spiro atoms. The lowest BCUT2D eigenvalue weighted by atomic mass is 9.63. The summed E-state index contributed by atoms with van der Waals surface area (Å²) in [6.07, 6.45) is 3.63. The van der Waals surface area contributed by atoms with Crippen LogP contribution in [-0.4, -0.2) is 15.4 Å². The van der Waals surface area contributed by atoms with Crippen molar-refractivity contribution >= 4 is 22.6 Å². The van der Waals surface area contributed by atoms with Crippen LogP contribution in [0.5, 0.6) is 0 Å². The van der Waals surface area contributed by atoms with Gasteiger partial charge in [-0.25, -0.2) is 0 Å². The molecule has 0 amide bonds. The summed E-state index contributed by atoms with van der Waals surface area (Å²) in [5, 5.41) is 4.33. The van der Waals surface area contributed by atoms with Crippen molar-refractivity contribution in [2.45, 2.75) is 53.0 Å². The van der Waals surface area contributed by atoms with E-state index in [4.69, 9.17) is 5.73 Å². The van der Waals surface area contributed by atoms with E-state index in [9.17, 15) is 0 Å². The van der Waals surface area contributed by atoms with Gasteiger partial charge in [-0.1, -0.05) is 27.7 Å². The molecule has 5 heteroatoms. The number of rotatable bonds is 2. The molecule has 96 valence electrons. The Hall–Kier alpha value is -0.840. The number of hydrogen-bond donors (Lipinski definition) is 2. The molecular formula is C12H22N4S. The second-order valence-electron chi connectivity index (χ2n) is 6.71. The van der Waals surface area contributed by atoms with Crippen molar-refractivity contribution in [3.8, 4) is 0 Å². The lowest BCUT2D eigenvalue weighted by molar-refractivity contribution is 0.105. The highest BCUT2D eigenvalue weighted by molar-refractivity contribution is 7.09. The van der Waals surface area contributed by atoms with Crippen molar-refractivity contribution in [1.29, 1.82) is 0 Å². The molecular weight excluding hydrogens is 232 g/mol. The van der Waals surface area contributed by atoms with Crippen LogP contribution in [0.4, 0.5) is 11.1 Å². The monoisotopic (exact) mass is 254 g/mol. The highest BCUT2D eigenvalue weighted by Gasteiger charge is 2.38. The maximum atomic E-state index is 5.54. The summed E-state index contributed by atoms with van der Waals surface area (Å²) >= 11 is 1.35. The smallest absolute Gasteiger partial charge is 0.233 e. The van der Waals surface area contributed by atoms with Crippen molar-refractivity contribution < 1.29 is 0 Å². The fourth-order valence-electron chi connectivity index (χ4n) is 3.42.